The lowest BCUT2D eigenvalue weighted by molar-refractivity contribution is -0.304. The standard InChI is InChI=1S/C13H11Cl2NO3S/c14-8-1-2-11(10(15)5-8)19-4-3-12-16-9(7-20-12)6-13(17)18/h1-2,5,7H,3-4,6H2,(H,17,18)/p-1. The summed E-state index contributed by atoms with van der Waals surface area (Å²) < 4.78 is 5.53. The van der Waals surface area contributed by atoms with Crippen LogP contribution in [0.25, 0.3) is 0 Å². The summed E-state index contributed by atoms with van der Waals surface area (Å²) >= 11 is 13.2. The van der Waals surface area contributed by atoms with Gasteiger partial charge in [0, 0.05) is 29.2 Å². The summed E-state index contributed by atoms with van der Waals surface area (Å²) in [4.78, 5) is 14.6. The maximum Gasteiger partial charge on any atom is 0.138 e. The van der Waals surface area contributed by atoms with Gasteiger partial charge in [-0.3, -0.25) is 0 Å². The number of carboxylic acids is 1. The van der Waals surface area contributed by atoms with Gasteiger partial charge in [-0.25, -0.2) is 4.98 Å². The minimum atomic E-state index is -1.13. The zero-order valence-electron chi connectivity index (χ0n) is 10.3. The lowest BCUT2D eigenvalue weighted by Gasteiger charge is -2.07. The molecule has 0 fully saturated rings. The Kier molecular flexibility index (Phi) is 5.23. The van der Waals surface area contributed by atoms with Crippen LogP contribution < -0.4 is 9.84 Å². The molecule has 2 aromatic rings. The van der Waals surface area contributed by atoms with Crippen molar-refractivity contribution in [2.24, 2.45) is 0 Å². The van der Waals surface area contributed by atoms with E-state index < -0.39 is 5.97 Å². The van der Waals surface area contributed by atoms with Crippen LogP contribution >= 0.6 is 34.5 Å². The van der Waals surface area contributed by atoms with Gasteiger partial charge >= 0.3 is 0 Å². The Balaban J connectivity index is 1.86. The van der Waals surface area contributed by atoms with E-state index in [4.69, 9.17) is 27.9 Å². The number of halogens is 2. The highest BCUT2D eigenvalue weighted by molar-refractivity contribution is 7.09. The van der Waals surface area contributed by atoms with Crippen LogP contribution in [0.2, 0.25) is 10.0 Å². The fraction of sp³-hybridized carbons (Fsp3) is 0.231. The summed E-state index contributed by atoms with van der Waals surface area (Å²) in [7, 11) is 0. The summed E-state index contributed by atoms with van der Waals surface area (Å²) in [6.45, 7) is 0.402. The number of hydrogen-bond acceptors (Lipinski definition) is 5. The van der Waals surface area contributed by atoms with Gasteiger partial charge in [-0.1, -0.05) is 23.2 Å². The molecule has 0 saturated heterocycles. The molecule has 0 aliphatic heterocycles. The number of nitrogens with zero attached hydrogens (tertiary/aromatic N) is 1. The topological polar surface area (TPSA) is 62.2 Å². The highest BCUT2D eigenvalue weighted by Crippen LogP contribution is 2.27. The fourth-order valence-corrected chi connectivity index (χ4v) is 2.78. The Morgan fingerprint density at radius 3 is 2.90 bits per heavy atom. The highest BCUT2D eigenvalue weighted by Gasteiger charge is 2.05. The van der Waals surface area contributed by atoms with Crippen molar-refractivity contribution in [3.8, 4) is 5.75 Å². The maximum absolute atomic E-state index is 10.4. The molecule has 0 unspecified atom stereocenters. The van der Waals surface area contributed by atoms with Gasteiger partial charge in [-0.15, -0.1) is 11.3 Å². The first kappa shape index (κ1) is 15.1. The third-order valence-corrected chi connectivity index (χ3v) is 3.88. The minimum absolute atomic E-state index is 0.166. The van der Waals surface area contributed by atoms with Crippen molar-refractivity contribution < 1.29 is 14.6 Å². The molecule has 0 radical (unpaired) electrons. The van der Waals surface area contributed by atoms with E-state index in [0.29, 0.717) is 34.5 Å². The fourth-order valence-electron chi connectivity index (χ4n) is 1.53. The van der Waals surface area contributed by atoms with Crippen LogP contribution in [-0.2, 0) is 17.6 Å². The summed E-state index contributed by atoms with van der Waals surface area (Å²) in [6.07, 6.45) is 0.414. The van der Waals surface area contributed by atoms with Crippen LogP contribution in [0.5, 0.6) is 5.75 Å². The predicted octanol–water partition coefficient (Wildman–Crippen LogP) is 2.36. The minimum Gasteiger partial charge on any atom is -0.550 e. The van der Waals surface area contributed by atoms with Gasteiger partial charge in [0.15, 0.2) is 0 Å². The van der Waals surface area contributed by atoms with Crippen molar-refractivity contribution in [3.05, 3.63) is 44.3 Å². The van der Waals surface area contributed by atoms with Crippen molar-refractivity contribution >= 4 is 40.5 Å². The number of ether oxygens (including phenoxy) is 1. The second-order valence-electron chi connectivity index (χ2n) is 3.95. The Bertz CT molecular complexity index is 615. The monoisotopic (exact) mass is 330 g/mol. The number of thiazole rings is 1. The summed E-state index contributed by atoms with van der Waals surface area (Å²) in [5, 5.41) is 14.0. The Labute approximate surface area is 129 Å². The first-order valence-electron chi connectivity index (χ1n) is 5.75. The number of carboxylic acid groups (broad SMARTS) is 1. The average molecular weight is 331 g/mol. The molecular weight excluding hydrogens is 321 g/mol. The van der Waals surface area contributed by atoms with E-state index in [1.165, 1.54) is 11.3 Å². The van der Waals surface area contributed by atoms with Gasteiger partial charge in [0.25, 0.3) is 0 Å². The molecule has 4 nitrogen and oxygen atoms in total. The van der Waals surface area contributed by atoms with Crippen LogP contribution in [0, 0.1) is 0 Å². The molecule has 7 heteroatoms. The zero-order valence-corrected chi connectivity index (χ0v) is 12.6. The molecule has 0 N–H and O–H groups in total. The van der Waals surface area contributed by atoms with E-state index in [-0.39, 0.29) is 6.42 Å². The van der Waals surface area contributed by atoms with Crippen molar-refractivity contribution in [2.75, 3.05) is 6.61 Å². The molecular formula is C13H10Cl2NO3S-. The van der Waals surface area contributed by atoms with E-state index >= 15 is 0 Å². The summed E-state index contributed by atoms with van der Waals surface area (Å²) in [5.41, 5.74) is 0.509. The van der Waals surface area contributed by atoms with Gasteiger partial charge < -0.3 is 14.6 Å². The lowest BCUT2D eigenvalue weighted by Crippen LogP contribution is -2.24. The van der Waals surface area contributed by atoms with E-state index in [9.17, 15) is 9.90 Å². The molecule has 0 aliphatic rings. The van der Waals surface area contributed by atoms with Crippen LogP contribution in [0.4, 0.5) is 0 Å². The molecule has 0 spiro atoms. The Morgan fingerprint density at radius 1 is 1.40 bits per heavy atom. The van der Waals surface area contributed by atoms with Crippen LogP contribution in [0.15, 0.2) is 23.6 Å². The molecule has 1 aromatic carbocycles. The molecule has 2 rings (SSSR count). The maximum atomic E-state index is 10.4. The van der Waals surface area contributed by atoms with Gasteiger partial charge in [-0.05, 0) is 18.2 Å². The molecule has 106 valence electrons. The second-order valence-corrected chi connectivity index (χ2v) is 5.74. The largest absolute Gasteiger partial charge is 0.550 e. The summed E-state index contributed by atoms with van der Waals surface area (Å²) in [6, 6.07) is 5.01. The number of carbonyl (C=O) groups excluding carboxylic acids is 1. The van der Waals surface area contributed by atoms with Crippen molar-refractivity contribution in [3.63, 3.8) is 0 Å². The van der Waals surface area contributed by atoms with E-state index in [2.05, 4.69) is 4.98 Å². The molecule has 1 heterocycles. The SMILES string of the molecule is O=C([O-])Cc1csc(CCOc2ccc(Cl)cc2Cl)n1. The third kappa shape index (κ3) is 4.37. The summed E-state index contributed by atoms with van der Waals surface area (Å²) in [5.74, 6) is -0.575. The first-order chi connectivity index (χ1) is 9.54. The van der Waals surface area contributed by atoms with Crippen LogP contribution in [0.3, 0.4) is 0 Å². The quantitative estimate of drug-likeness (QED) is 0.815. The number of rotatable bonds is 6. The number of aliphatic carboxylic acids is 1. The smallest absolute Gasteiger partial charge is 0.138 e. The molecule has 0 aliphatic carbocycles. The number of benzene rings is 1. The molecule has 0 amide bonds. The Hall–Kier alpha value is -1.30. The Morgan fingerprint density at radius 2 is 2.20 bits per heavy atom. The highest BCUT2D eigenvalue weighted by atomic mass is 35.5. The number of hydrogen-bond donors (Lipinski definition) is 0. The third-order valence-electron chi connectivity index (χ3n) is 2.39. The molecule has 0 atom stereocenters. The van der Waals surface area contributed by atoms with Crippen LogP contribution in [-0.4, -0.2) is 17.6 Å². The average Bonchev–Trinajstić information content (AvgIpc) is 2.79. The molecule has 0 bridgehead atoms. The predicted molar refractivity (Wildman–Crippen MR) is 76.5 cm³/mol. The van der Waals surface area contributed by atoms with Crippen molar-refractivity contribution in [2.45, 2.75) is 12.8 Å². The van der Waals surface area contributed by atoms with E-state index in [1.807, 2.05) is 0 Å². The van der Waals surface area contributed by atoms with Crippen LogP contribution in [0.1, 0.15) is 10.7 Å². The number of carbonyl (C=O) groups is 1. The molecule has 0 saturated carbocycles. The lowest BCUT2D eigenvalue weighted by atomic mass is 10.3. The molecule has 1 aromatic heterocycles. The van der Waals surface area contributed by atoms with Gasteiger partial charge in [0.1, 0.15) is 5.75 Å². The van der Waals surface area contributed by atoms with E-state index in [1.54, 1.807) is 23.6 Å². The number of aromatic nitrogens is 1. The normalized spacial score (nSPS) is 10.5. The van der Waals surface area contributed by atoms with Crippen molar-refractivity contribution in [1.29, 1.82) is 0 Å². The van der Waals surface area contributed by atoms with Gasteiger partial charge in [0.05, 0.1) is 22.3 Å². The second kappa shape index (κ2) is 6.92. The van der Waals surface area contributed by atoms with Gasteiger partial charge in [0.2, 0.25) is 0 Å². The molecule has 20 heavy (non-hydrogen) atoms. The van der Waals surface area contributed by atoms with Gasteiger partial charge in [-0.2, -0.15) is 0 Å². The zero-order chi connectivity index (χ0) is 14.5. The first-order valence-corrected chi connectivity index (χ1v) is 7.39. The van der Waals surface area contributed by atoms with E-state index in [0.717, 1.165) is 5.01 Å². The van der Waals surface area contributed by atoms with Crippen molar-refractivity contribution in [1.82, 2.24) is 4.98 Å².